The summed E-state index contributed by atoms with van der Waals surface area (Å²) in [5.41, 5.74) is 3.18. The molecule has 2 saturated heterocycles. The van der Waals surface area contributed by atoms with Gasteiger partial charge in [-0.05, 0) is 55.7 Å². The van der Waals surface area contributed by atoms with Crippen LogP contribution < -0.4 is 10.2 Å². The molecule has 8 nitrogen and oxygen atoms in total. The van der Waals surface area contributed by atoms with E-state index < -0.39 is 5.92 Å². The first-order chi connectivity index (χ1) is 18.3. The second-order valence-corrected chi connectivity index (χ2v) is 11.6. The van der Waals surface area contributed by atoms with E-state index in [4.69, 9.17) is 16.3 Å². The lowest BCUT2D eigenvalue weighted by molar-refractivity contribution is -0.122. The van der Waals surface area contributed by atoms with E-state index in [0.29, 0.717) is 16.7 Å². The van der Waals surface area contributed by atoms with E-state index in [0.717, 1.165) is 48.7 Å². The van der Waals surface area contributed by atoms with E-state index in [1.165, 1.54) is 16.9 Å². The van der Waals surface area contributed by atoms with Crippen molar-refractivity contribution in [3.05, 3.63) is 69.7 Å². The molecule has 10 heteroatoms. The summed E-state index contributed by atoms with van der Waals surface area (Å²) in [4.78, 5) is 29.8. The number of ether oxygens (including phenoxy) is 1. The summed E-state index contributed by atoms with van der Waals surface area (Å²) >= 11 is 7.31. The number of nitrogens with zero attached hydrogens (tertiary/aromatic N) is 4. The summed E-state index contributed by atoms with van der Waals surface area (Å²) in [6.07, 6.45) is 2.17. The molecular weight excluding hydrogens is 522 g/mol. The van der Waals surface area contributed by atoms with Gasteiger partial charge in [0.2, 0.25) is 16.9 Å². The van der Waals surface area contributed by atoms with Gasteiger partial charge in [0.25, 0.3) is 0 Å². The first kappa shape index (κ1) is 26.7. The predicted octanol–water partition coefficient (Wildman–Crippen LogP) is 4.58. The van der Waals surface area contributed by atoms with E-state index in [1.54, 1.807) is 4.90 Å². The molecule has 0 saturated carbocycles. The van der Waals surface area contributed by atoms with Gasteiger partial charge in [-0.1, -0.05) is 47.2 Å². The molecule has 5 rings (SSSR count). The van der Waals surface area contributed by atoms with Crippen molar-refractivity contribution in [2.24, 2.45) is 5.92 Å². The maximum Gasteiger partial charge on any atom is 0.231 e. The Morgan fingerprint density at radius 3 is 2.39 bits per heavy atom. The zero-order valence-corrected chi connectivity index (χ0v) is 23.2. The van der Waals surface area contributed by atoms with Gasteiger partial charge in [-0.2, -0.15) is 0 Å². The Morgan fingerprint density at radius 1 is 1.00 bits per heavy atom. The van der Waals surface area contributed by atoms with Crippen LogP contribution >= 0.6 is 22.9 Å². The Labute approximate surface area is 232 Å². The molecule has 1 aromatic heterocycles. The van der Waals surface area contributed by atoms with Crippen LogP contribution in [0.25, 0.3) is 0 Å². The van der Waals surface area contributed by atoms with Gasteiger partial charge in [-0.15, -0.1) is 10.2 Å². The number of hydrogen-bond acceptors (Lipinski definition) is 7. The van der Waals surface area contributed by atoms with Crippen LogP contribution in [-0.2, 0) is 33.7 Å². The molecule has 3 aromatic rings. The van der Waals surface area contributed by atoms with Crippen molar-refractivity contribution >= 4 is 45.6 Å². The van der Waals surface area contributed by atoms with E-state index in [-0.39, 0.29) is 30.4 Å². The third-order valence-electron chi connectivity index (χ3n) is 6.88. The fraction of sp³-hybridized carbons (Fsp3) is 0.429. The van der Waals surface area contributed by atoms with E-state index in [2.05, 4.69) is 46.4 Å². The normalized spacial score (nSPS) is 22.1. The molecule has 0 radical (unpaired) electrons. The average Bonchev–Trinajstić information content (AvgIpc) is 3.50. The zero-order chi connectivity index (χ0) is 26.6. The molecule has 3 heterocycles. The number of amides is 2. The number of hydrogen-bond donors (Lipinski definition) is 1. The first-order valence-electron chi connectivity index (χ1n) is 13.0. The number of carbonyl (C=O) groups excluding carboxylic acids is 2. The molecule has 0 spiro atoms. The summed E-state index contributed by atoms with van der Waals surface area (Å²) in [6, 6.07) is 15.8. The number of aromatic nitrogens is 2. The molecule has 2 amide bonds. The fourth-order valence-electron chi connectivity index (χ4n) is 5.10. The van der Waals surface area contributed by atoms with E-state index in [9.17, 15) is 9.59 Å². The lowest BCUT2D eigenvalue weighted by Gasteiger charge is -2.35. The van der Waals surface area contributed by atoms with Gasteiger partial charge in [-0.25, -0.2) is 0 Å². The lowest BCUT2D eigenvalue weighted by atomic mass is 10.1. The second kappa shape index (κ2) is 11.9. The van der Waals surface area contributed by atoms with Gasteiger partial charge in [0.05, 0.1) is 18.1 Å². The Bertz CT molecular complexity index is 1260. The summed E-state index contributed by atoms with van der Waals surface area (Å²) in [5.74, 6) is -0.678. The van der Waals surface area contributed by atoms with Crippen molar-refractivity contribution in [1.29, 1.82) is 0 Å². The van der Waals surface area contributed by atoms with Crippen LogP contribution in [0.4, 0.5) is 10.8 Å². The molecule has 1 N–H and O–H groups in total. The molecule has 3 atom stereocenters. The Balaban J connectivity index is 1.12. The molecule has 200 valence electrons. The van der Waals surface area contributed by atoms with Crippen LogP contribution in [0, 0.1) is 5.92 Å². The third kappa shape index (κ3) is 6.77. The van der Waals surface area contributed by atoms with Crippen LogP contribution in [0.1, 0.15) is 36.4 Å². The predicted molar refractivity (Wildman–Crippen MR) is 150 cm³/mol. The number of carbonyl (C=O) groups is 2. The lowest BCUT2D eigenvalue weighted by Crippen LogP contribution is -2.44. The van der Waals surface area contributed by atoms with Crippen molar-refractivity contribution in [3.63, 3.8) is 0 Å². The SMILES string of the molecule is C[C@H]1CN(Cc2ccc(N3CC(C(=O)Nc4nnc(CCc5ccc(Cl)cc5)s4)CC3=O)cc2)C[C@H](C)O1. The monoisotopic (exact) mass is 553 g/mol. The van der Waals surface area contributed by atoms with Gasteiger partial charge < -0.3 is 15.0 Å². The molecule has 2 aliphatic heterocycles. The van der Waals surface area contributed by atoms with E-state index in [1.807, 2.05) is 36.4 Å². The zero-order valence-electron chi connectivity index (χ0n) is 21.6. The summed E-state index contributed by atoms with van der Waals surface area (Å²) in [6.45, 7) is 7.22. The molecule has 0 bridgehead atoms. The number of halogens is 1. The standard InChI is InChI=1S/C28H32ClN5O3S/c1-18-14-33(15-19(2)37-18)16-21-5-10-24(11-6-21)34-17-22(13-26(34)35)27(36)30-28-32-31-25(38-28)12-7-20-3-8-23(29)9-4-20/h3-6,8-11,18-19,22H,7,12-17H2,1-2H3,(H,30,32,36)/t18-,19-,22?/m0/s1. The molecule has 0 aliphatic carbocycles. The Kier molecular flexibility index (Phi) is 8.38. The summed E-state index contributed by atoms with van der Waals surface area (Å²) in [7, 11) is 0. The van der Waals surface area contributed by atoms with Crippen molar-refractivity contribution in [3.8, 4) is 0 Å². The summed E-state index contributed by atoms with van der Waals surface area (Å²) < 4.78 is 5.82. The number of rotatable bonds is 8. The average molecular weight is 554 g/mol. The second-order valence-electron chi connectivity index (χ2n) is 10.1. The van der Waals surface area contributed by atoms with Gasteiger partial charge in [0.1, 0.15) is 5.01 Å². The van der Waals surface area contributed by atoms with Crippen LogP contribution in [0.2, 0.25) is 5.02 Å². The minimum atomic E-state index is -0.431. The Hall–Kier alpha value is -2.85. The minimum Gasteiger partial charge on any atom is -0.373 e. The highest BCUT2D eigenvalue weighted by atomic mass is 35.5. The highest BCUT2D eigenvalue weighted by molar-refractivity contribution is 7.15. The molecule has 2 aromatic carbocycles. The van der Waals surface area contributed by atoms with Crippen LogP contribution in [0.3, 0.4) is 0 Å². The number of nitrogens with one attached hydrogen (secondary N) is 1. The van der Waals surface area contributed by atoms with Crippen LogP contribution in [-0.4, -0.2) is 58.8 Å². The van der Waals surface area contributed by atoms with Gasteiger partial charge in [-0.3, -0.25) is 14.5 Å². The van der Waals surface area contributed by atoms with Crippen molar-refractivity contribution < 1.29 is 14.3 Å². The first-order valence-corrected chi connectivity index (χ1v) is 14.2. The van der Waals surface area contributed by atoms with Crippen molar-refractivity contribution in [2.75, 3.05) is 29.9 Å². The minimum absolute atomic E-state index is 0.0466. The Morgan fingerprint density at radius 2 is 1.68 bits per heavy atom. The fourth-order valence-corrected chi connectivity index (χ4v) is 5.97. The molecule has 1 unspecified atom stereocenters. The van der Waals surface area contributed by atoms with Gasteiger partial charge in [0, 0.05) is 49.7 Å². The quantitative estimate of drug-likeness (QED) is 0.439. The highest BCUT2D eigenvalue weighted by Gasteiger charge is 2.35. The summed E-state index contributed by atoms with van der Waals surface area (Å²) in [5, 5.41) is 13.2. The maximum atomic E-state index is 12.9. The number of anilines is 2. The number of aryl methyl sites for hydroxylation is 2. The van der Waals surface area contributed by atoms with E-state index >= 15 is 0 Å². The topological polar surface area (TPSA) is 87.7 Å². The van der Waals surface area contributed by atoms with Crippen LogP contribution in [0.15, 0.2) is 48.5 Å². The molecular formula is C28H32ClN5O3S. The number of benzene rings is 2. The largest absolute Gasteiger partial charge is 0.373 e. The van der Waals surface area contributed by atoms with Crippen molar-refractivity contribution in [1.82, 2.24) is 15.1 Å². The molecule has 38 heavy (non-hydrogen) atoms. The maximum absolute atomic E-state index is 12.9. The smallest absolute Gasteiger partial charge is 0.231 e. The van der Waals surface area contributed by atoms with Crippen molar-refractivity contribution in [2.45, 2.75) is 51.9 Å². The highest BCUT2D eigenvalue weighted by Crippen LogP contribution is 2.27. The van der Waals surface area contributed by atoms with Gasteiger partial charge >= 0.3 is 0 Å². The van der Waals surface area contributed by atoms with Gasteiger partial charge in [0.15, 0.2) is 0 Å². The van der Waals surface area contributed by atoms with Crippen LogP contribution in [0.5, 0.6) is 0 Å². The number of morpholine rings is 1. The molecule has 2 fully saturated rings. The molecule has 2 aliphatic rings. The third-order valence-corrected chi connectivity index (χ3v) is 8.03.